The lowest BCUT2D eigenvalue weighted by molar-refractivity contribution is 0.0728. The van der Waals surface area contributed by atoms with Gasteiger partial charge in [-0.2, -0.15) is 0 Å². The Morgan fingerprint density at radius 3 is 2.68 bits per heavy atom. The van der Waals surface area contributed by atoms with E-state index >= 15 is 0 Å². The minimum Gasteiger partial charge on any atom is -0.363 e. The second kappa shape index (κ2) is 7.36. The van der Waals surface area contributed by atoms with Crippen LogP contribution in [0.15, 0.2) is 78.1 Å². The number of fused-ring (bicyclic) bond motifs is 2. The van der Waals surface area contributed by atoms with Gasteiger partial charge in [-0.05, 0) is 34.4 Å². The van der Waals surface area contributed by atoms with Crippen molar-refractivity contribution >= 4 is 27.5 Å². The maximum Gasteiger partial charge on any atom is 0.226 e. The monoisotopic (exact) mass is 408 g/mol. The number of hydrogen-bond acceptors (Lipinski definition) is 5. The summed E-state index contributed by atoms with van der Waals surface area (Å²) in [5.74, 6) is 1.57. The molecule has 0 saturated carbocycles. The van der Waals surface area contributed by atoms with Crippen LogP contribution in [-0.2, 0) is 11.4 Å². The lowest BCUT2D eigenvalue weighted by Gasteiger charge is -2.37. The number of aromatic nitrogens is 1. The zero-order chi connectivity index (χ0) is 20.8. The number of nitrogens with one attached hydrogen (secondary N) is 1. The highest BCUT2D eigenvalue weighted by Crippen LogP contribution is 2.29. The summed E-state index contributed by atoms with van der Waals surface area (Å²) in [6.45, 7) is 5.66. The summed E-state index contributed by atoms with van der Waals surface area (Å²) in [5.41, 5.74) is 4.36. The Balaban J connectivity index is 1.29. The molecule has 3 aromatic carbocycles. The molecule has 3 heterocycles. The first-order valence-electron chi connectivity index (χ1n) is 10.8. The zero-order valence-corrected chi connectivity index (χ0v) is 17.5. The van der Waals surface area contributed by atoms with Gasteiger partial charge >= 0.3 is 0 Å². The van der Waals surface area contributed by atoms with Gasteiger partial charge < -0.3 is 10.2 Å². The Labute approximate surface area is 181 Å². The van der Waals surface area contributed by atoms with E-state index in [0.717, 1.165) is 40.3 Å². The van der Waals surface area contributed by atoms with E-state index in [2.05, 4.69) is 75.8 Å². The summed E-state index contributed by atoms with van der Waals surface area (Å²) in [6, 6.07) is 23.2. The summed E-state index contributed by atoms with van der Waals surface area (Å²) in [7, 11) is 0. The molecule has 1 N–H and O–H groups in total. The van der Waals surface area contributed by atoms with E-state index < -0.39 is 0 Å². The van der Waals surface area contributed by atoms with Crippen LogP contribution in [0.1, 0.15) is 29.8 Å². The molecule has 1 atom stereocenters. The van der Waals surface area contributed by atoms with Crippen LogP contribution in [0.3, 0.4) is 0 Å². The Morgan fingerprint density at radius 2 is 1.81 bits per heavy atom. The lowest BCUT2D eigenvalue weighted by Crippen LogP contribution is -2.44. The van der Waals surface area contributed by atoms with Crippen LogP contribution < -0.4 is 5.32 Å². The van der Waals surface area contributed by atoms with Crippen molar-refractivity contribution in [3.05, 3.63) is 89.6 Å². The van der Waals surface area contributed by atoms with E-state index in [0.29, 0.717) is 0 Å². The number of oxime groups is 1. The summed E-state index contributed by atoms with van der Waals surface area (Å²) >= 11 is 0. The molecule has 6 rings (SSSR count). The highest BCUT2D eigenvalue weighted by molar-refractivity contribution is 6.10. The fraction of sp³-hybridized carbons (Fsp3) is 0.231. The van der Waals surface area contributed by atoms with E-state index in [4.69, 9.17) is 4.84 Å². The Hall–Kier alpha value is -3.44. The van der Waals surface area contributed by atoms with Crippen molar-refractivity contribution in [3.8, 4) is 0 Å². The number of nitrogens with zero attached hydrogens (tertiary/aromatic N) is 3. The molecule has 4 aromatic rings. The van der Waals surface area contributed by atoms with Gasteiger partial charge in [0.05, 0.1) is 5.52 Å². The summed E-state index contributed by atoms with van der Waals surface area (Å²) in [5, 5.41) is 11.4. The minimum absolute atomic E-state index is 0.340. The molecule has 154 valence electrons. The normalized spacial score (nSPS) is 19.1. The first kappa shape index (κ1) is 18.3. The van der Waals surface area contributed by atoms with E-state index in [1.54, 1.807) is 0 Å². The smallest absolute Gasteiger partial charge is 0.226 e. The molecule has 31 heavy (non-hydrogen) atoms. The van der Waals surface area contributed by atoms with Gasteiger partial charge in [-0.1, -0.05) is 66.7 Å². The second-order valence-corrected chi connectivity index (χ2v) is 8.65. The number of likely N-dealkylation sites (tertiary alicyclic amines) is 1. The second-order valence-electron chi connectivity index (χ2n) is 8.65. The summed E-state index contributed by atoms with van der Waals surface area (Å²) < 4.78 is 0. The maximum atomic E-state index is 5.77. The number of hydrogen-bond donors (Lipinski definition) is 1. The van der Waals surface area contributed by atoms with Crippen LogP contribution in [0.2, 0.25) is 0 Å². The van der Waals surface area contributed by atoms with Gasteiger partial charge in [-0.3, -0.25) is 9.88 Å². The van der Waals surface area contributed by atoms with Crippen molar-refractivity contribution in [2.75, 3.05) is 13.1 Å². The van der Waals surface area contributed by atoms with Gasteiger partial charge in [0.2, 0.25) is 6.23 Å². The van der Waals surface area contributed by atoms with Gasteiger partial charge in [0, 0.05) is 42.3 Å². The molecule has 1 saturated heterocycles. The average Bonchev–Trinajstić information content (AvgIpc) is 3.28. The first-order chi connectivity index (χ1) is 15.2. The Morgan fingerprint density at radius 1 is 1.00 bits per heavy atom. The maximum absolute atomic E-state index is 5.77. The fourth-order valence-electron chi connectivity index (χ4n) is 4.69. The number of benzene rings is 3. The molecule has 1 aromatic heterocycles. The number of amidine groups is 1. The third kappa shape index (κ3) is 3.31. The van der Waals surface area contributed by atoms with Gasteiger partial charge in [-0.15, -0.1) is 0 Å². The van der Waals surface area contributed by atoms with E-state index in [1.165, 1.54) is 29.4 Å². The van der Waals surface area contributed by atoms with Crippen LogP contribution in [0.25, 0.3) is 21.7 Å². The highest BCUT2D eigenvalue weighted by Gasteiger charge is 2.26. The molecule has 0 aliphatic carbocycles. The predicted octanol–water partition coefficient (Wildman–Crippen LogP) is 4.82. The van der Waals surface area contributed by atoms with Crippen molar-refractivity contribution in [3.63, 3.8) is 0 Å². The third-order valence-corrected chi connectivity index (χ3v) is 6.23. The molecule has 1 unspecified atom stereocenters. The van der Waals surface area contributed by atoms with Crippen LogP contribution in [-0.4, -0.2) is 28.8 Å². The van der Waals surface area contributed by atoms with Crippen LogP contribution in [0, 0.1) is 5.92 Å². The van der Waals surface area contributed by atoms with Crippen LogP contribution in [0.4, 0.5) is 0 Å². The topological polar surface area (TPSA) is 49.8 Å². The van der Waals surface area contributed by atoms with Crippen LogP contribution >= 0.6 is 0 Å². The van der Waals surface area contributed by atoms with Crippen molar-refractivity contribution < 1.29 is 4.84 Å². The van der Waals surface area contributed by atoms with E-state index in [-0.39, 0.29) is 6.23 Å². The Bertz CT molecular complexity index is 1310. The molecular formula is C26H24N4O. The van der Waals surface area contributed by atoms with Crippen molar-refractivity contribution in [1.29, 1.82) is 0 Å². The first-order valence-corrected chi connectivity index (χ1v) is 10.8. The largest absolute Gasteiger partial charge is 0.363 e. The summed E-state index contributed by atoms with van der Waals surface area (Å²) in [6.07, 6.45) is 1.52. The third-order valence-electron chi connectivity index (χ3n) is 6.23. The summed E-state index contributed by atoms with van der Waals surface area (Å²) in [4.78, 5) is 12.8. The molecule has 2 aliphatic heterocycles. The molecule has 0 spiro atoms. The molecule has 0 bridgehead atoms. The molecule has 2 aliphatic rings. The van der Waals surface area contributed by atoms with E-state index in [9.17, 15) is 0 Å². The Kier molecular flexibility index (Phi) is 4.35. The molecule has 5 nitrogen and oxygen atoms in total. The van der Waals surface area contributed by atoms with Gasteiger partial charge in [0.15, 0.2) is 5.84 Å². The predicted molar refractivity (Wildman–Crippen MR) is 124 cm³/mol. The fourth-order valence-corrected chi connectivity index (χ4v) is 4.69. The standard InChI is InChI=1S/C26H24N4O/c1-17-14-30(15-17)16-19-10-11-23(22-8-4-3-7-21(19)22)25-28-26(31-29-25)20-12-18-6-2-5-9-24(18)27-13-20/h2-13,17,26H,14-16H2,1H3,(H,28,29). The molecule has 5 heteroatoms. The molecule has 1 fully saturated rings. The number of para-hydroxylation sites is 1. The number of pyridine rings is 1. The minimum atomic E-state index is -0.340. The molecule has 0 radical (unpaired) electrons. The SMILES string of the molecule is CC1CN(Cc2ccc(C3=NOC(c4cnc5ccccc5c4)N3)c3ccccc23)C1. The quantitative estimate of drug-likeness (QED) is 0.526. The zero-order valence-electron chi connectivity index (χ0n) is 17.5. The molecule has 0 amide bonds. The van der Waals surface area contributed by atoms with Gasteiger partial charge in [0.1, 0.15) is 0 Å². The van der Waals surface area contributed by atoms with E-state index in [1.807, 2.05) is 24.4 Å². The lowest BCUT2D eigenvalue weighted by atomic mass is 9.96. The van der Waals surface area contributed by atoms with Crippen molar-refractivity contribution in [2.24, 2.45) is 11.1 Å². The molecular weight excluding hydrogens is 384 g/mol. The highest BCUT2D eigenvalue weighted by atomic mass is 16.7. The average molecular weight is 409 g/mol. The van der Waals surface area contributed by atoms with Crippen LogP contribution in [0.5, 0.6) is 0 Å². The van der Waals surface area contributed by atoms with Gasteiger partial charge in [-0.25, -0.2) is 0 Å². The van der Waals surface area contributed by atoms with Gasteiger partial charge in [0.25, 0.3) is 0 Å². The number of rotatable bonds is 4. The van der Waals surface area contributed by atoms with Crippen molar-refractivity contribution in [1.82, 2.24) is 15.2 Å². The van der Waals surface area contributed by atoms with Crippen molar-refractivity contribution in [2.45, 2.75) is 19.7 Å².